The maximum atomic E-state index is 5.81. The molecule has 2 heterocycles. The van der Waals surface area contributed by atoms with Crippen molar-refractivity contribution >= 4 is 10.9 Å². The fourth-order valence-corrected chi connectivity index (χ4v) is 2.13. The molecule has 0 spiro atoms. The monoisotopic (exact) mass is 231 g/mol. The third kappa shape index (κ3) is 2.43. The van der Waals surface area contributed by atoms with Gasteiger partial charge in [-0.25, -0.2) is 0 Å². The van der Waals surface area contributed by atoms with Gasteiger partial charge in [-0.3, -0.25) is 4.90 Å². The highest BCUT2D eigenvalue weighted by Crippen LogP contribution is 2.19. The highest BCUT2D eigenvalue weighted by Gasteiger charge is 2.09. The topological polar surface area (TPSA) is 40.3 Å². The van der Waals surface area contributed by atoms with Gasteiger partial charge >= 0.3 is 0 Å². The van der Waals surface area contributed by atoms with E-state index in [4.69, 9.17) is 4.74 Å². The summed E-state index contributed by atoms with van der Waals surface area (Å²) in [5, 5.41) is 4.53. The Hall–Kier alpha value is -1.52. The van der Waals surface area contributed by atoms with E-state index in [1.807, 2.05) is 12.3 Å². The van der Waals surface area contributed by atoms with Crippen molar-refractivity contribution in [1.29, 1.82) is 0 Å². The maximum Gasteiger partial charge on any atom is 0.142 e. The lowest BCUT2D eigenvalue weighted by molar-refractivity contribution is 0.113. The first kappa shape index (κ1) is 10.6. The summed E-state index contributed by atoms with van der Waals surface area (Å²) >= 11 is 0. The number of nitrogens with one attached hydrogen (secondary N) is 2. The highest BCUT2D eigenvalue weighted by molar-refractivity contribution is 5.80. The Kier molecular flexibility index (Phi) is 2.98. The van der Waals surface area contributed by atoms with Crippen LogP contribution in [-0.2, 0) is 0 Å². The van der Waals surface area contributed by atoms with E-state index in [9.17, 15) is 0 Å². The van der Waals surface area contributed by atoms with E-state index in [0.29, 0.717) is 6.73 Å². The molecule has 0 amide bonds. The van der Waals surface area contributed by atoms with Gasteiger partial charge in [-0.2, -0.15) is 0 Å². The average Bonchev–Trinajstić information content (AvgIpc) is 2.85. The first-order valence-corrected chi connectivity index (χ1v) is 6.05. The number of aromatic amines is 1. The molecule has 4 heteroatoms. The van der Waals surface area contributed by atoms with E-state index in [-0.39, 0.29) is 0 Å². The second-order valence-electron chi connectivity index (χ2n) is 4.37. The summed E-state index contributed by atoms with van der Waals surface area (Å²) < 4.78 is 5.81. The molecule has 2 aromatic rings. The fourth-order valence-electron chi connectivity index (χ4n) is 2.13. The number of nitrogens with zero attached hydrogens (tertiary/aromatic N) is 1. The number of ether oxygens (including phenoxy) is 1. The van der Waals surface area contributed by atoms with Crippen molar-refractivity contribution in [1.82, 2.24) is 15.2 Å². The Morgan fingerprint density at radius 2 is 2.06 bits per heavy atom. The van der Waals surface area contributed by atoms with Gasteiger partial charge in [0.2, 0.25) is 0 Å². The van der Waals surface area contributed by atoms with Gasteiger partial charge in [0, 0.05) is 43.3 Å². The summed E-state index contributed by atoms with van der Waals surface area (Å²) in [4.78, 5) is 5.50. The molecular weight excluding hydrogens is 214 g/mol. The van der Waals surface area contributed by atoms with Gasteiger partial charge in [0.25, 0.3) is 0 Å². The lowest BCUT2D eigenvalue weighted by Crippen LogP contribution is -2.44. The van der Waals surface area contributed by atoms with Crippen LogP contribution in [0.15, 0.2) is 30.5 Å². The predicted molar refractivity (Wildman–Crippen MR) is 68.2 cm³/mol. The minimum atomic E-state index is 0.678. The Balaban J connectivity index is 1.63. The van der Waals surface area contributed by atoms with Crippen molar-refractivity contribution in [2.45, 2.75) is 0 Å². The zero-order valence-electron chi connectivity index (χ0n) is 9.78. The highest BCUT2D eigenvalue weighted by atomic mass is 16.5. The van der Waals surface area contributed by atoms with Gasteiger partial charge < -0.3 is 15.0 Å². The predicted octanol–water partition coefficient (Wildman–Crippen LogP) is 1.41. The molecule has 2 N–H and O–H groups in total. The lowest BCUT2D eigenvalue weighted by Gasteiger charge is -2.26. The van der Waals surface area contributed by atoms with E-state index in [1.54, 1.807) is 0 Å². The minimum absolute atomic E-state index is 0.678. The van der Waals surface area contributed by atoms with Crippen LogP contribution in [-0.4, -0.2) is 42.8 Å². The zero-order valence-corrected chi connectivity index (χ0v) is 9.78. The quantitative estimate of drug-likeness (QED) is 0.839. The summed E-state index contributed by atoms with van der Waals surface area (Å²) in [5.41, 5.74) is 1.15. The van der Waals surface area contributed by atoms with Gasteiger partial charge in [-0.15, -0.1) is 0 Å². The number of hydrogen-bond acceptors (Lipinski definition) is 3. The van der Waals surface area contributed by atoms with Crippen molar-refractivity contribution in [3.8, 4) is 5.75 Å². The largest absolute Gasteiger partial charge is 0.478 e. The molecule has 0 bridgehead atoms. The van der Waals surface area contributed by atoms with Crippen LogP contribution in [0.5, 0.6) is 5.75 Å². The van der Waals surface area contributed by atoms with Gasteiger partial charge in [0.15, 0.2) is 0 Å². The van der Waals surface area contributed by atoms with Crippen LogP contribution in [0.25, 0.3) is 10.9 Å². The van der Waals surface area contributed by atoms with E-state index in [2.05, 4.69) is 33.4 Å². The summed E-state index contributed by atoms with van der Waals surface area (Å²) in [6.07, 6.45) is 1.95. The standard InChI is InChI=1S/C13H17N3O/c1-2-13-11(3-4-15-13)9-12(1)17-10-16-7-5-14-6-8-16/h1-4,9,14-15H,5-8,10H2. The van der Waals surface area contributed by atoms with Crippen LogP contribution in [0.3, 0.4) is 0 Å². The van der Waals surface area contributed by atoms with Crippen LogP contribution >= 0.6 is 0 Å². The van der Waals surface area contributed by atoms with Crippen molar-refractivity contribution in [2.75, 3.05) is 32.9 Å². The summed E-state index contributed by atoms with van der Waals surface area (Å²) in [5.74, 6) is 0.940. The number of rotatable bonds is 3. The number of piperazine rings is 1. The molecule has 1 saturated heterocycles. The Morgan fingerprint density at radius 1 is 1.18 bits per heavy atom. The molecule has 1 aromatic carbocycles. The Labute approximate surface area is 101 Å². The van der Waals surface area contributed by atoms with Crippen LogP contribution in [0, 0.1) is 0 Å². The first-order chi connectivity index (χ1) is 8.42. The molecule has 3 rings (SSSR count). The normalized spacial score (nSPS) is 17.4. The second-order valence-corrected chi connectivity index (χ2v) is 4.37. The number of H-pyrrole nitrogens is 1. The molecule has 0 unspecified atom stereocenters. The van der Waals surface area contributed by atoms with Crippen molar-refractivity contribution in [3.63, 3.8) is 0 Å². The van der Waals surface area contributed by atoms with Crippen LogP contribution < -0.4 is 10.1 Å². The van der Waals surface area contributed by atoms with E-state index in [1.165, 1.54) is 5.39 Å². The van der Waals surface area contributed by atoms with Gasteiger partial charge in [-0.05, 0) is 24.3 Å². The molecule has 4 nitrogen and oxygen atoms in total. The average molecular weight is 231 g/mol. The minimum Gasteiger partial charge on any atom is -0.478 e. The maximum absolute atomic E-state index is 5.81. The summed E-state index contributed by atoms with van der Waals surface area (Å²) in [6.45, 7) is 4.91. The molecule has 90 valence electrons. The Bertz CT molecular complexity index is 488. The molecule has 0 atom stereocenters. The molecule has 0 saturated carbocycles. The van der Waals surface area contributed by atoms with Crippen molar-refractivity contribution in [3.05, 3.63) is 30.5 Å². The molecule has 1 aromatic heterocycles. The Morgan fingerprint density at radius 3 is 2.94 bits per heavy atom. The number of hydrogen-bond donors (Lipinski definition) is 2. The summed E-state index contributed by atoms with van der Waals surface area (Å²) in [6, 6.07) is 8.21. The number of aromatic nitrogens is 1. The third-order valence-corrected chi connectivity index (χ3v) is 3.15. The molecule has 0 radical (unpaired) electrons. The van der Waals surface area contributed by atoms with Crippen molar-refractivity contribution in [2.24, 2.45) is 0 Å². The molecule has 17 heavy (non-hydrogen) atoms. The summed E-state index contributed by atoms with van der Waals surface area (Å²) in [7, 11) is 0. The molecule has 1 fully saturated rings. The van der Waals surface area contributed by atoms with Crippen LogP contribution in [0.4, 0.5) is 0 Å². The van der Waals surface area contributed by atoms with Crippen LogP contribution in [0.1, 0.15) is 0 Å². The van der Waals surface area contributed by atoms with E-state index >= 15 is 0 Å². The van der Waals surface area contributed by atoms with E-state index in [0.717, 1.165) is 37.4 Å². The molecule has 0 aliphatic carbocycles. The zero-order chi connectivity index (χ0) is 11.5. The first-order valence-electron chi connectivity index (χ1n) is 6.05. The van der Waals surface area contributed by atoms with E-state index < -0.39 is 0 Å². The smallest absolute Gasteiger partial charge is 0.142 e. The lowest BCUT2D eigenvalue weighted by atomic mass is 10.2. The van der Waals surface area contributed by atoms with Crippen LogP contribution in [0.2, 0.25) is 0 Å². The SMILES string of the molecule is c1cc2cc(OCN3CCNCC3)ccc2[nH]1. The van der Waals surface area contributed by atoms with Gasteiger partial charge in [0.1, 0.15) is 12.5 Å². The third-order valence-electron chi connectivity index (χ3n) is 3.15. The number of benzene rings is 1. The van der Waals surface area contributed by atoms with Gasteiger partial charge in [0.05, 0.1) is 0 Å². The molecule has 1 aliphatic rings. The van der Waals surface area contributed by atoms with Gasteiger partial charge in [-0.1, -0.05) is 0 Å². The fraction of sp³-hybridized carbons (Fsp3) is 0.385. The molecular formula is C13H17N3O. The second kappa shape index (κ2) is 4.77. The number of fused-ring (bicyclic) bond motifs is 1. The molecule has 1 aliphatic heterocycles. The van der Waals surface area contributed by atoms with Crippen molar-refractivity contribution < 1.29 is 4.74 Å².